The van der Waals surface area contributed by atoms with Crippen molar-refractivity contribution in [1.82, 2.24) is 0 Å². The van der Waals surface area contributed by atoms with E-state index in [2.05, 4.69) is 11.8 Å². The highest BCUT2D eigenvalue weighted by Gasteiger charge is 2.10. The summed E-state index contributed by atoms with van der Waals surface area (Å²) in [5, 5.41) is 10.9. The number of benzene rings is 1. The van der Waals surface area contributed by atoms with Crippen molar-refractivity contribution in [2.24, 2.45) is 0 Å². The molecule has 0 fully saturated rings. The van der Waals surface area contributed by atoms with Gasteiger partial charge in [-0.15, -0.1) is 0 Å². The number of hydrogen-bond acceptors (Lipinski definition) is 4. The zero-order valence-corrected chi connectivity index (χ0v) is 11.0. The second-order valence-electron chi connectivity index (χ2n) is 3.67. The molecule has 18 heavy (non-hydrogen) atoms. The van der Waals surface area contributed by atoms with Crippen molar-refractivity contribution in [2.45, 2.75) is 20.3 Å². The second-order valence-corrected chi connectivity index (χ2v) is 4.94. The van der Waals surface area contributed by atoms with Gasteiger partial charge in [-0.3, -0.25) is 14.9 Å². The van der Waals surface area contributed by atoms with E-state index in [0.717, 1.165) is 5.56 Å². The normalized spacial score (nSPS) is 9.44. The van der Waals surface area contributed by atoms with Crippen LogP contribution in [0.3, 0.4) is 0 Å². The summed E-state index contributed by atoms with van der Waals surface area (Å²) in [5.41, 5.74) is 1.38. The van der Waals surface area contributed by atoms with E-state index in [1.807, 2.05) is 6.92 Å². The number of carbonyl (C=O) groups is 1. The lowest BCUT2D eigenvalue weighted by Gasteiger charge is -1.97. The van der Waals surface area contributed by atoms with Crippen molar-refractivity contribution >= 4 is 22.6 Å². The number of rotatable bonds is 3. The van der Waals surface area contributed by atoms with E-state index in [9.17, 15) is 14.9 Å². The zero-order chi connectivity index (χ0) is 13.5. The van der Waals surface area contributed by atoms with Gasteiger partial charge in [-0.25, -0.2) is 0 Å². The first-order valence-corrected chi connectivity index (χ1v) is 6.36. The highest BCUT2D eigenvalue weighted by Crippen LogP contribution is 2.18. The van der Waals surface area contributed by atoms with Crippen LogP contribution in [0, 0.1) is 28.9 Å². The van der Waals surface area contributed by atoms with Gasteiger partial charge in [-0.2, -0.15) is 0 Å². The summed E-state index contributed by atoms with van der Waals surface area (Å²) < 4.78 is 0. The van der Waals surface area contributed by atoms with Crippen LogP contribution in [-0.2, 0) is 4.79 Å². The summed E-state index contributed by atoms with van der Waals surface area (Å²) in [4.78, 5) is 21.1. The number of aryl methyl sites for hydroxylation is 1. The first kappa shape index (κ1) is 14.3. The van der Waals surface area contributed by atoms with Gasteiger partial charge in [0.25, 0.3) is 5.69 Å². The predicted octanol–water partition coefficient (Wildman–Crippen LogP) is 2.92. The van der Waals surface area contributed by atoms with Gasteiger partial charge in [0.05, 0.1) is 4.92 Å². The second kappa shape index (κ2) is 6.82. The molecule has 1 rings (SSSR count). The Morgan fingerprint density at radius 1 is 1.50 bits per heavy atom. The van der Waals surface area contributed by atoms with Gasteiger partial charge < -0.3 is 0 Å². The molecular formula is C13H13NO3S. The minimum Gasteiger partial charge on any atom is -0.288 e. The van der Waals surface area contributed by atoms with Crippen LogP contribution >= 0.6 is 11.8 Å². The lowest BCUT2D eigenvalue weighted by Crippen LogP contribution is -1.92. The van der Waals surface area contributed by atoms with Crippen molar-refractivity contribution in [3.05, 3.63) is 39.4 Å². The van der Waals surface area contributed by atoms with Crippen LogP contribution in [-0.4, -0.2) is 15.8 Å². The van der Waals surface area contributed by atoms with Gasteiger partial charge >= 0.3 is 0 Å². The molecule has 0 saturated heterocycles. The Hall–Kier alpha value is -1.80. The maximum atomic E-state index is 10.8. The Morgan fingerprint density at radius 2 is 2.22 bits per heavy atom. The standard InChI is InChI=1S/C13H13NO3S/c1-10-6-7-13(14(16)17)12(9-10)5-3-4-8-18-11(2)15/h6-7,9H,4,8H2,1-2H3. The number of hydrogen-bond donors (Lipinski definition) is 0. The molecule has 0 unspecified atom stereocenters. The molecule has 1 aromatic carbocycles. The van der Waals surface area contributed by atoms with Crippen molar-refractivity contribution < 1.29 is 9.72 Å². The van der Waals surface area contributed by atoms with Gasteiger partial charge in [-0.1, -0.05) is 29.7 Å². The Kier molecular flexibility index (Phi) is 5.40. The van der Waals surface area contributed by atoms with Crippen LogP contribution in [0.2, 0.25) is 0 Å². The van der Waals surface area contributed by atoms with E-state index in [1.165, 1.54) is 24.8 Å². The van der Waals surface area contributed by atoms with E-state index in [1.54, 1.807) is 12.1 Å². The number of nitro benzene ring substituents is 1. The lowest BCUT2D eigenvalue weighted by molar-refractivity contribution is -0.385. The van der Waals surface area contributed by atoms with Crippen LogP contribution in [0.4, 0.5) is 5.69 Å². The molecule has 0 aliphatic rings. The smallest absolute Gasteiger partial charge is 0.284 e. The van der Waals surface area contributed by atoms with E-state index in [-0.39, 0.29) is 10.8 Å². The van der Waals surface area contributed by atoms with Crippen molar-refractivity contribution in [3.8, 4) is 11.8 Å². The van der Waals surface area contributed by atoms with E-state index in [0.29, 0.717) is 17.7 Å². The minimum absolute atomic E-state index is 0.0207. The Bertz CT molecular complexity index is 529. The highest BCUT2D eigenvalue weighted by molar-refractivity contribution is 8.13. The number of thioether (sulfide) groups is 1. The molecule has 0 aromatic heterocycles. The van der Waals surface area contributed by atoms with Gasteiger partial charge in [0.15, 0.2) is 5.12 Å². The number of carbonyl (C=O) groups excluding carboxylic acids is 1. The molecule has 0 radical (unpaired) electrons. The molecule has 5 heteroatoms. The molecule has 94 valence electrons. The molecule has 1 aromatic rings. The average molecular weight is 263 g/mol. The Labute approximate surface area is 110 Å². The molecule has 0 bridgehead atoms. The quantitative estimate of drug-likeness (QED) is 0.364. The summed E-state index contributed by atoms with van der Waals surface area (Å²) in [6, 6.07) is 4.85. The van der Waals surface area contributed by atoms with Crippen molar-refractivity contribution in [1.29, 1.82) is 0 Å². The Balaban J connectivity index is 2.77. The van der Waals surface area contributed by atoms with Crippen molar-refractivity contribution in [3.63, 3.8) is 0 Å². The summed E-state index contributed by atoms with van der Waals surface area (Å²) in [6.45, 7) is 3.37. The average Bonchev–Trinajstić information content (AvgIpc) is 2.27. The third kappa shape index (κ3) is 4.60. The molecular weight excluding hydrogens is 250 g/mol. The first-order chi connectivity index (χ1) is 8.50. The lowest BCUT2D eigenvalue weighted by atomic mass is 10.1. The molecule has 0 amide bonds. The molecule has 0 saturated carbocycles. The first-order valence-electron chi connectivity index (χ1n) is 5.38. The van der Waals surface area contributed by atoms with Crippen LogP contribution < -0.4 is 0 Å². The zero-order valence-electron chi connectivity index (χ0n) is 10.2. The number of nitro groups is 1. The maximum Gasteiger partial charge on any atom is 0.284 e. The fraction of sp³-hybridized carbons (Fsp3) is 0.308. The molecule has 4 nitrogen and oxygen atoms in total. The van der Waals surface area contributed by atoms with Crippen LogP contribution in [0.5, 0.6) is 0 Å². The summed E-state index contributed by atoms with van der Waals surface area (Å²) >= 11 is 1.20. The van der Waals surface area contributed by atoms with Gasteiger partial charge in [0.1, 0.15) is 5.56 Å². The number of nitrogens with zero attached hydrogens (tertiary/aromatic N) is 1. The topological polar surface area (TPSA) is 60.2 Å². The van der Waals surface area contributed by atoms with Crippen LogP contribution in [0.25, 0.3) is 0 Å². The van der Waals surface area contributed by atoms with Gasteiger partial charge in [0, 0.05) is 25.2 Å². The van der Waals surface area contributed by atoms with E-state index >= 15 is 0 Å². The van der Waals surface area contributed by atoms with Crippen LogP contribution in [0.15, 0.2) is 18.2 Å². The molecule has 0 heterocycles. The van der Waals surface area contributed by atoms with Crippen LogP contribution in [0.1, 0.15) is 24.5 Å². The van der Waals surface area contributed by atoms with E-state index in [4.69, 9.17) is 0 Å². The largest absolute Gasteiger partial charge is 0.288 e. The fourth-order valence-electron chi connectivity index (χ4n) is 1.31. The fourth-order valence-corrected chi connectivity index (χ4v) is 1.80. The predicted molar refractivity (Wildman–Crippen MR) is 72.5 cm³/mol. The summed E-state index contributed by atoms with van der Waals surface area (Å²) in [7, 11) is 0. The molecule has 0 spiro atoms. The third-order valence-electron chi connectivity index (χ3n) is 2.10. The van der Waals surface area contributed by atoms with Gasteiger partial charge in [-0.05, 0) is 18.6 Å². The highest BCUT2D eigenvalue weighted by atomic mass is 32.2. The molecule has 0 N–H and O–H groups in total. The maximum absolute atomic E-state index is 10.8. The minimum atomic E-state index is -0.437. The monoisotopic (exact) mass is 263 g/mol. The molecule has 0 aliphatic carbocycles. The van der Waals surface area contributed by atoms with Crippen molar-refractivity contribution in [2.75, 3.05) is 5.75 Å². The SMILES string of the molecule is CC(=O)SCCC#Cc1cc(C)ccc1[N+](=O)[O-]. The third-order valence-corrected chi connectivity index (χ3v) is 2.92. The van der Waals surface area contributed by atoms with E-state index < -0.39 is 4.92 Å². The molecule has 0 atom stereocenters. The van der Waals surface area contributed by atoms with Gasteiger partial charge in [0.2, 0.25) is 0 Å². The summed E-state index contributed by atoms with van der Waals surface area (Å²) in [5.74, 6) is 6.26. The summed E-state index contributed by atoms with van der Waals surface area (Å²) in [6.07, 6.45) is 0.537. The molecule has 0 aliphatic heterocycles. The Morgan fingerprint density at radius 3 is 2.83 bits per heavy atom.